The molecule has 0 rings (SSSR count). The first-order valence-electron chi connectivity index (χ1n) is 12.6. The largest absolute Gasteiger partial charge is 0.103 e. The minimum Gasteiger partial charge on any atom is -0.103 e. The SMILES string of the molecule is C=CC[Si](CC=C)(CC=C)CCCCCCCCCCCCCCCCCC. The predicted molar refractivity (Wildman–Crippen MR) is 135 cm³/mol. The third kappa shape index (κ3) is 16.4. The van der Waals surface area contributed by atoms with Gasteiger partial charge in [0.05, 0.1) is 8.07 Å². The van der Waals surface area contributed by atoms with E-state index in [0.29, 0.717) is 0 Å². The molecule has 0 N–H and O–H groups in total. The van der Waals surface area contributed by atoms with Crippen LogP contribution in [-0.4, -0.2) is 8.07 Å². The Kier molecular flexibility index (Phi) is 20.7. The first-order chi connectivity index (χ1) is 13.7. The van der Waals surface area contributed by atoms with Crippen LogP contribution in [0, 0.1) is 0 Å². The summed E-state index contributed by atoms with van der Waals surface area (Å²) in [5, 5.41) is 0. The van der Waals surface area contributed by atoms with Crippen LogP contribution in [0.1, 0.15) is 110 Å². The van der Waals surface area contributed by atoms with E-state index in [1.807, 2.05) is 0 Å². The Morgan fingerprint density at radius 1 is 0.464 bits per heavy atom. The van der Waals surface area contributed by atoms with Crippen LogP contribution in [0.4, 0.5) is 0 Å². The molecular weight excluding hydrogens is 352 g/mol. The Hall–Kier alpha value is -0.563. The maximum Gasteiger partial charge on any atom is 0.0648 e. The molecule has 0 unspecified atom stereocenters. The molecule has 0 fully saturated rings. The molecule has 0 bridgehead atoms. The summed E-state index contributed by atoms with van der Waals surface area (Å²) in [6, 6.07) is 5.10. The molecule has 0 saturated heterocycles. The van der Waals surface area contributed by atoms with Gasteiger partial charge in [-0.2, -0.15) is 0 Å². The molecule has 0 aliphatic carbocycles. The van der Waals surface area contributed by atoms with E-state index in [-0.39, 0.29) is 0 Å². The van der Waals surface area contributed by atoms with Gasteiger partial charge in [-0.25, -0.2) is 0 Å². The predicted octanol–water partition coefficient (Wildman–Crippen LogP) is 10.3. The maximum absolute atomic E-state index is 4.00. The van der Waals surface area contributed by atoms with E-state index < -0.39 is 8.07 Å². The van der Waals surface area contributed by atoms with Gasteiger partial charge in [0.25, 0.3) is 0 Å². The lowest BCUT2D eigenvalue weighted by molar-refractivity contribution is 0.531. The number of hydrogen-bond donors (Lipinski definition) is 0. The van der Waals surface area contributed by atoms with Crippen LogP contribution in [0.25, 0.3) is 0 Å². The molecule has 164 valence electrons. The zero-order valence-corrected chi connectivity index (χ0v) is 20.5. The average Bonchev–Trinajstić information content (AvgIpc) is 2.68. The molecule has 0 aromatic carbocycles. The molecule has 0 atom stereocenters. The fourth-order valence-corrected chi connectivity index (χ4v) is 8.47. The minimum absolute atomic E-state index is 1.23. The second-order valence-electron chi connectivity index (χ2n) is 9.03. The Labute approximate surface area is 180 Å². The summed E-state index contributed by atoms with van der Waals surface area (Å²) in [5.74, 6) is 0. The van der Waals surface area contributed by atoms with Crippen LogP contribution in [0.2, 0.25) is 24.2 Å². The van der Waals surface area contributed by atoms with Crippen molar-refractivity contribution in [1.29, 1.82) is 0 Å². The van der Waals surface area contributed by atoms with Crippen molar-refractivity contribution in [2.24, 2.45) is 0 Å². The molecule has 0 aromatic heterocycles. The highest BCUT2D eigenvalue weighted by Crippen LogP contribution is 2.30. The summed E-state index contributed by atoms with van der Waals surface area (Å²) in [6.45, 7) is 14.3. The minimum atomic E-state index is -1.26. The molecule has 0 aliphatic heterocycles. The third-order valence-electron chi connectivity index (χ3n) is 6.29. The van der Waals surface area contributed by atoms with Gasteiger partial charge in [-0.05, 0) is 18.1 Å². The van der Waals surface area contributed by atoms with Crippen molar-refractivity contribution in [3.05, 3.63) is 38.0 Å². The van der Waals surface area contributed by atoms with Crippen LogP contribution in [0.3, 0.4) is 0 Å². The second kappa shape index (κ2) is 21.2. The van der Waals surface area contributed by atoms with Gasteiger partial charge in [-0.1, -0.05) is 134 Å². The van der Waals surface area contributed by atoms with Gasteiger partial charge in [0.2, 0.25) is 0 Å². The van der Waals surface area contributed by atoms with Crippen molar-refractivity contribution in [3.8, 4) is 0 Å². The number of allylic oxidation sites excluding steroid dienone is 3. The molecule has 0 aliphatic rings. The Morgan fingerprint density at radius 2 is 0.750 bits per heavy atom. The van der Waals surface area contributed by atoms with E-state index in [1.165, 1.54) is 127 Å². The van der Waals surface area contributed by atoms with E-state index in [4.69, 9.17) is 0 Å². The van der Waals surface area contributed by atoms with Crippen LogP contribution in [0.15, 0.2) is 38.0 Å². The fraction of sp³-hybridized carbons (Fsp3) is 0.778. The fourth-order valence-electron chi connectivity index (χ4n) is 4.52. The van der Waals surface area contributed by atoms with E-state index in [0.717, 1.165) is 0 Å². The highest BCUT2D eigenvalue weighted by atomic mass is 28.3. The van der Waals surface area contributed by atoms with Crippen molar-refractivity contribution in [3.63, 3.8) is 0 Å². The normalized spacial score (nSPS) is 11.5. The van der Waals surface area contributed by atoms with Crippen molar-refractivity contribution < 1.29 is 0 Å². The van der Waals surface area contributed by atoms with Gasteiger partial charge >= 0.3 is 0 Å². The molecule has 0 amide bonds. The number of hydrogen-bond acceptors (Lipinski definition) is 0. The molecular formula is C27H52Si. The summed E-state index contributed by atoms with van der Waals surface area (Å²) in [7, 11) is -1.26. The zero-order valence-electron chi connectivity index (χ0n) is 19.5. The average molecular weight is 405 g/mol. The van der Waals surface area contributed by atoms with Gasteiger partial charge in [0, 0.05) is 0 Å². The molecule has 0 radical (unpaired) electrons. The van der Waals surface area contributed by atoms with E-state index >= 15 is 0 Å². The van der Waals surface area contributed by atoms with Crippen LogP contribution in [-0.2, 0) is 0 Å². The lowest BCUT2D eigenvalue weighted by Crippen LogP contribution is -2.31. The number of rotatable bonds is 23. The highest BCUT2D eigenvalue weighted by molar-refractivity contribution is 6.81. The molecule has 0 spiro atoms. The Bertz CT molecular complexity index is 331. The number of unbranched alkanes of at least 4 members (excludes halogenated alkanes) is 15. The van der Waals surface area contributed by atoms with Gasteiger partial charge in [0.1, 0.15) is 0 Å². The molecule has 0 aromatic rings. The van der Waals surface area contributed by atoms with E-state index in [9.17, 15) is 0 Å². The molecule has 0 nitrogen and oxygen atoms in total. The van der Waals surface area contributed by atoms with Gasteiger partial charge < -0.3 is 0 Å². The van der Waals surface area contributed by atoms with Gasteiger partial charge in [0.15, 0.2) is 0 Å². The summed E-state index contributed by atoms with van der Waals surface area (Å²) in [5.41, 5.74) is 0. The quantitative estimate of drug-likeness (QED) is 0.0902. The van der Waals surface area contributed by atoms with Gasteiger partial charge in [-0.3, -0.25) is 0 Å². The second-order valence-corrected chi connectivity index (χ2v) is 13.8. The highest BCUT2D eigenvalue weighted by Gasteiger charge is 2.27. The summed E-state index contributed by atoms with van der Waals surface area (Å²) in [4.78, 5) is 0. The summed E-state index contributed by atoms with van der Waals surface area (Å²) in [6.07, 6.45) is 29.5. The molecule has 0 heterocycles. The first-order valence-corrected chi connectivity index (χ1v) is 15.4. The first kappa shape index (κ1) is 27.4. The molecule has 28 heavy (non-hydrogen) atoms. The lowest BCUT2D eigenvalue weighted by atomic mass is 10.0. The van der Waals surface area contributed by atoms with Crippen LogP contribution in [0.5, 0.6) is 0 Å². The van der Waals surface area contributed by atoms with Crippen molar-refractivity contribution in [2.75, 3.05) is 0 Å². The molecule has 1 heteroatoms. The lowest BCUT2D eigenvalue weighted by Gasteiger charge is -2.28. The van der Waals surface area contributed by atoms with Crippen LogP contribution >= 0.6 is 0 Å². The van der Waals surface area contributed by atoms with E-state index in [1.54, 1.807) is 0 Å². The zero-order chi connectivity index (χ0) is 20.8. The van der Waals surface area contributed by atoms with E-state index in [2.05, 4.69) is 44.9 Å². The summed E-state index contributed by atoms with van der Waals surface area (Å²) >= 11 is 0. The Morgan fingerprint density at radius 3 is 1.04 bits per heavy atom. The summed E-state index contributed by atoms with van der Waals surface area (Å²) < 4.78 is 0. The monoisotopic (exact) mass is 404 g/mol. The van der Waals surface area contributed by atoms with Gasteiger partial charge in [-0.15, -0.1) is 19.7 Å². The third-order valence-corrected chi connectivity index (χ3v) is 11.2. The molecule has 0 saturated carbocycles. The standard InChI is InChI=1S/C27H52Si/c1-5-9-10-11-12-13-14-15-16-17-18-19-20-21-22-23-27-28(24-6-2,25-7-3)26-8-4/h6-8H,2-5,9-27H2,1H3. The smallest absolute Gasteiger partial charge is 0.0648 e. The van der Waals surface area contributed by atoms with Crippen molar-refractivity contribution in [2.45, 2.75) is 134 Å². The Balaban J connectivity index is 3.49. The van der Waals surface area contributed by atoms with Crippen molar-refractivity contribution in [1.82, 2.24) is 0 Å². The maximum atomic E-state index is 4.00. The van der Waals surface area contributed by atoms with Crippen molar-refractivity contribution >= 4 is 8.07 Å². The topological polar surface area (TPSA) is 0 Å². The van der Waals surface area contributed by atoms with Crippen LogP contribution < -0.4 is 0 Å².